The molecule has 2 heterocycles. The van der Waals surface area contributed by atoms with Crippen molar-refractivity contribution in [2.24, 2.45) is 4.99 Å². The van der Waals surface area contributed by atoms with Gasteiger partial charge in [0.2, 0.25) is 0 Å². The number of carbonyl (C=O) groups excluding carboxylic acids is 1. The van der Waals surface area contributed by atoms with Gasteiger partial charge in [0.25, 0.3) is 5.91 Å². The van der Waals surface area contributed by atoms with Crippen LogP contribution < -0.4 is 10.6 Å². The van der Waals surface area contributed by atoms with Gasteiger partial charge in [0.15, 0.2) is 0 Å². The maximum atomic E-state index is 12.9. The molecule has 4 nitrogen and oxygen atoms in total. The Morgan fingerprint density at radius 1 is 1.18 bits per heavy atom. The first kappa shape index (κ1) is 15.3. The van der Waals surface area contributed by atoms with E-state index in [4.69, 9.17) is 11.6 Å². The molecule has 22 heavy (non-hydrogen) atoms. The van der Waals surface area contributed by atoms with Gasteiger partial charge < -0.3 is 10.6 Å². The summed E-state index contributed by atoms with van der Waals surface area (Å²) < 4.78 is 38.6. The standard InChI is InChI=1S/C14H13ClF3N3O/c15-10-6-8(5-9(7-10)14(16,17)18)11-20-12(22)13(21-11)1-3-19-4-2-13/h5-7,19H,1-4H2,(H,20,21,22). The Bertz CT molecular complexity index is 651. The Hall–Kier alpha value is -1.60. The number of nitrogens with one attached hydrogen (secondary N) is 2. The van der Waals surface area contributed by atoms with Crippen molar-refractivity contribution >= 4 is 23.3 Å². The first-order valence-corrected chi connectivity index (χ1v) is 7.18. The molecule has 0 aliphatic carbocycles. The van der Waals surface area contributed by atoms with Crippen molar-refractivity contribution in [3.8, 4) is 0 Å². The maximum Gasteiger partial charge on any atom is 0.416 e. The lowest BCUT2D eigenvalue weighted by molar-refractivity contribution is -0.137. The molecule has 0 bridgehead atoms. The monoisotopic (exact) mass is 331 g/mol. The van der Waals surface area contributed by atoms with Gasteiger partial charge in [-0.3, -0.25) is 9.79 Å². The van der Waals surface area contributed by atoms with E-state index in [0.29, 0.717) is 25.9 Å². The number of aliphatic imine (C=N–C) groups is 1. The van der Waals surface area contributed by atoms with E-state index >= 15 is 0 Å². The van der Waals surface area contributed by atoms with Crippen LogP contribution in [0, 0.1) is 0 Å². The number of amidine groups is 1. The van der Waals surface area contributed by atoms with Gasteiger partial charge in [-0.25, -0.2) is 0 Å². The summed E-state index contributed by atoms with van der Waals surface area (Å²) in [6.07, 6.45) is -3.46. The Morgan fingerprint density at radius 2 is 1.86 bits per heavy atom. The van der Waals surface area contributed by atoms with Crippen LogP contribution in [0.1, 0.15) is 24.0 Å². The number of piperidine rings is 1. The van der Waals surface area contributed by atoms with Crippen LogP contribution >= 0.6 is 11.6 Å². The van der Waals surface area contributed by atoms with Gasteiger partial charge >= 0.3 is 6.18 Å². The summed E-state index contributed by atoms with van der Waals surface area (Å²) in [5.41, 5.74) is -1.57. The second-order valence-corrected chi connectivity index (χ2v) is 5.86. The third-order valence-electron chi connectivity index (χ3n) is 3.91. The molecule has 2 N–H and O–H groups in total. The highest BCUT2D eigenvalue weighted by atomic mass is 35.5. The predicted octanol–water partition coefficient (Wildman–Crippen LogP) is 2.36. The van der Waals surface area contributed by atoms with Crippen molar-refractivity contribution in [3.63, 3.8) is 0 Å². The first-order chi connectivity index (χ1) is 10.3. The van der Waals surface area contributed by atoms with E-state index in [2.05, 4.69) is 15.6 Å². The Kier molecular flexibility index (Phi) is 3.65. The first-order valence-electron chi connectivity index (χ1n) is 6.80. The van der Waals surface area contributed by atoms with Crippen LogP contribution in [-0.2, 0) is 11.0 Å². The molecule has 1 aromatic rings. The van der Waals surface area contributed by atoms with Gasteiger partial charge in [0.05, 0.1) is 5.56 Å². The molecule has 1 amide bonds. The number of hydrogen-bond acceptors (Lipinski definition) is 3. The van der Waals surface area contributed by atoms with Crippen LogP contribution in [0.15, 0.2) is 23.2 Å². The molecule has 1 aromatic carbocycles. The molecular weight excluding hydrogens is 319 g/mol. The van der Waals surface area contributed by atoms with Crippen molar-refractivity contribution in [2.45, 2.75) is 24.6 Å². The fourth-order valence-corrected chi connectivity index (χ4v) is 2.96. The van der Waals surface area contributed by atoms with E-state index in [1.54, 1.807) is 0 Å². The summed E-state index contributed by atoms with van der Waals surface area (Å²) in [7, 11) is 0. The van der Waals surface area contributed by atoms with Crippen LogP contribution in [-0.4, -0.2) is 30.4 Å². The molecule has 2 aliphatic heterocycles. The van der Waals surface area contributed by atoms with Crippen molar-refractivity contribution in [1.82, 2.24) is 10.6 Å². The minimum Gasteiger partial charge on any atom is -0.317 e. The smallest absolute Gasteiger partial charge is 0.317 e. The molecule has 118 valence electrons. The molecule has 8 heteroatoms. The van der Waals surface area contributed by atoms with Gasteiger partial charge in [0.1, 0.15) is 11.4 Å². The number of nitrogens with zero attached hydrogens (tertiary/aromatic N) is 1. The number of alkyl halides is 3. The minimum absolute atomic E-state index is 0.0481. The maximum absolute atomic E-state index is 12.9. The van der Waals surface area contributed by atoms with E-state index in [1.807, 2.05) is 0 Å². The summed E-state index contributed by atoms with van der Waals surface area (Å²) >= 11 is 5.77. The van der Waals surface area contributed by atoms with Crippen molar-refractivity contribution in [1.29, 1.82) is 0 Å². The van der Waals surface area contributed by atoms with Crippen molar-refractivity contribution in [3.05, 3.63) is 34.3 Å². The van der Waals surface area contributed by atoms with Crippen molar-refractivity contribution < 1.29 is 18.0 Å². The van der Waals surface area contributed by atoms with Crippen LogP contribution in [0.4, 0.5) is 13.2 Å². The average Bonchev–Trinajstić information content (AvgIpc) is 2.75. The van der Waals surface area contributed by atoms with Gasteiger partial charge in [0, 0.05) is 10.6 Å². The highest BCUT2D eigenvalue weighted by Gasteiger charge is 2.44. The highest BCUT2D eigenvalue weighted by Crippen LogP contribution is 2.33. The largest absolute Gasteiger partial charge is 0.416 e. The third kappa shape index (κ3) is 2.70. The zero-order chi connectivity index (χ0) is 16.0. The molecular formula is C14H13ClF3N3O. The van der Waals surface area contributed by atoms with Crippen molar-refractivity contribution in [2.75, 3.05) is 13.1 Å². The summed E-state index contributed by atoms with van der Waals surface area (Å²) in [5, 5.41) is 5.68. The van der Waals surface area contributed by atoms with Gasteiger partial charge in [-0.1, -0.05) is 11.6 Å². The number of carbonyl (C=O) groups is 1. The Morgan fingerprint density at radius 3 is 2.50 bits per heavy atom. The lowest BCUT2D eigenvalue weighted by atomic mass is 9.89. The topological polar surface area (TPSA) is 53.5 Å². The molecule has 1 spiro atoms. The Balaban J connectivity index is 2.00. The number of rotatable bonds is 1. The zero-order valence-electron chi connectivity index (χ0n) is 11.4. The molecule has 1 fully saturated rings. The molecule has 0 atom stereocenters. The molecule has 0 saturated carbocycles. The van der Waals surface area contributed by atoms with Gasteiger partial charge in [-0.05, 0) is 44.1 Å². The van der Waals surface area contributed by atoms with E-state index in [0.717, 1.165) is 12.1 Å². The quantitative estimate of drug-likeness (QED) is 0.830. The summed E-state index contributed by atoms with van der Waals surface area (Å²) in [6.45, 7) is 1.29. The fourth-order valence-electron chi connectivity index (χ4n) is 2.72. The molecule has 3 rings (SSSR count). The van der Waals surface area contributed by atoms with Crippen LogP contribution in [0.25, 0.3) is 0 Å². The number of halogens is 4. The van der Waals surface area contributed by atoms with Crippen LogP contribution in [0.3, 0.4) is 0 Å². The molecule has 1 saturated heterocycles. The van der Waals surface area contributed by atoms with E-state index in [1.165, 1.54) is 6.07 Å². The molecule has 0 aromatic heterocycles. The second kappa shape index (κ2) is 5.24. The van der Waals surface area contributed by atoms with Crippen LogP contribution in [0.2, 0.25) is 5.02 Å². The van der Waals surface area contributed by atoms with E-state index in [9.17, 15) is 18.0 Å². The third-order valence-corrected chi connectivity index (χ3v) is 4.13. The lowest BCUT2D eigenvalue weighted by Gasteiger charge is -2.28. The normalized spacial score (nSPS) is 20.9. The number of benzene rings is 1. The number of amides is 1. The fraction of sp³-hybridized carbons (Fsp3) is 0.429. The molecule has 0 radical (unpaired) electrons. The highest BCUT2D eigenvalue weighted by molar-refractivity contribution is 6.31. The van der Waals surface area contributed by atoms with Crippen LogP contribution in [0.5, 0.6) is 0 Å². The summed E-state index contributed by atoms with van der Waals surface area (Å²) in [4.78, 5) is 16.6. The zero-order valence-corrected chi connectivity index (χ0v) is 12.2. The lowest BCUT2D eigenvalue weighted by Crippen LogP contribution is -2.47. The Labute approximate surface area is 129 Å². The average molecular weight is 332 g/mol. The van der Waals surface area contributed by atoms with E-state index in [-0.39, 0.29) is 22.3 Å². The predicted molar refractivity (Wildman–Crippen MR) is 76.0 cm³/mol. The van der Waals surface area contributed by atoms with Gasteiger partial charge in [-0.15, -0.1) is 0 Å². The van der Waals surface area contributed by atoms with Gasteiger partial charge in [-0.2, -0.15) is 13.2 Å². The number of hydrogen-bond donors (Lipinski definition) is 2. The summed E-state index contributed by atoms with van der Waals surface area (Å²) in [5.74, 6) is -0.113. The SMILES string of the molecule is O=C1NC(c2cc(Cl)cc(C(F)(F)F)c2)=NC12CCNCC2. The van der Waals surface area contributed by atoms with E-state index < -0.39 is 17.3 Å². The second-order valence-electron chi connectivity index (χ2n) is 5.42. The summed E-state index contributed by atoms with van der Waals surface area (Å²) in [6, 6.07) is 3.17. The molecule has 0 unspecified atom stereocenters. The molecule has 2 aliphatic rings. The minimum atomic E-state index is -4.50.